The van der Waals surface area contributed by atoms with Crippen LogP contribution >= 0.6 is 0 Å². The van der Waals surface area contributed by atoms with Crippen molar-refractivity contribution in [2.75, 3.05) is 12.3 Å². The number of carbonyl (C=O) groups is 1. The summed E-state index contributed by atoms with van der Waals surface area (Å²) in [5.74, 6) is -0.613. The second-order valence-electron chi connectivity index (χ2n) is 12.8. The topological polar surface area (TPSA) is 164 Å². The summed E-state index contributed by atoms with van der Waals surface area (Å²) in [5, 5.41) is 47.0. The van der Waals surface area contributed by atoms with Gasteiger partial charge in [-0.3, -0.25) is 9.35 Å². The van der Waals surface area contributed by atoms with E-state index >= 15 is 0 Å². The molecule has 4 aliphatic carbocycles. The van der Waals surface area contributed by atoms with Crippen LogP contribution in [0.3, 0.4) is 0 Å². The third-order valence-electron chi connectivity index (χ3n) is 11.1. The molecule has 0 saturated heterocycles. The van der Waals surface area contributed by atoms with Crippen LogP contribution < -0.4 is 5.32 Å². The van der Waals surface area contributed by atoms with Gasteiger partial charge in [0.05, 0.1) is 30.2 Å². The van der Waals surface area contributed by atoms with Gasteiger partial charge in [0.1, 0.15) is 0 Å². The molecule has 12 atom stereocenters. The quantitative estimate of drug-likeness (QED) is 0.268. The molecule has 36 heavy (non-hydrogen) atoms. The van der Waals surface area contributed by atoms with Crippen LogP contribution in [-0.2, 0) is 14.9 Å². The van der Waals surface area contributed by atoms with Crippen LogP contribution in [0, 0.1) is 46.3 Å². The highest BCUT2D eigenvalue weighted by Gasteiger charge is 2.67. The number of rotatable bonds is 7. The summed E-state index contributed by atoms with van der Waals surface area (Å²) >= 11 is 0. The highest BCUT2D eigenvalue weighted by molar-refractivity contribution is 7.85. The van der Waals surface area contributed by atoms with E-state index in [1.54, 1.807) is 0 Å². The van der Waals surface area contributed by atoms with E-state index in [0.717, 1.165) is 19.3 Å². The molecular weight excluding hydrogens is 486 g/mol. The molecule has 4 rings (SSSR count). The van der Waals surface area contributed by atoms with E-state index in [1.165, 1.54) is 0 Å². The van der Waals surface area contributed by atoms with Gasteiger partial charge in [-0.25, -0.2) is 0 Å². The molecule has 208 valence electrons. The summed E-state index contributed by atoms with van der Waals surface area (Å²) < 4.78 is 30.5. The van der Waals surface area contributed by atoms with Gasteiger partial charge in [0.15, 0.2) is 0 Å². The molecule has 0 bridgehead atoms. The molecule has 4 fully saturated rings. The molecule has 0 aromatic heterocycles. The van der Waals surface area contributed by atoms with Gasteiger partial charge in [0, 0.05) is 13.0 Å². The lowest BCUT2D eigenvalue weighted by atomic mass is 9.42. The number of hydrogen-bond acceptors (Lipinski definition) is 7. The second-order valence-corrected chi connectivity index (χ2v) is 14.3. The van der Waals surface area contributed by atoms with Crippen LogP contribution in [0.4, 0.5) is 0 Å². The lowest BCUT2D eigenvalue weighted by Crippen LogP contribution is -2.66. The van der Waals surface area contributed by atoms with Crippen LogP contribution in [0.25, 0.3) is 0 Å². The molecule has 0 aromatic rings. The summed E-state index contributed by atoms with van der Waals surface area (Å²) in [6, 6.07) is 0. The summed E-state index contributed by atoms with van der Waals surface area (Å²) in [7, 11) is -4.12. The molecule has 10 heteroatoms. The highest BCUT2D eigenvalue weighted by Crippen LogP contribution is 2.68. The average molecular weight is 532 g/mol. The smallest absolute Gasteiger partial charge is 0.266 e. The van der Waals surface area contributed by atoms with E-state index in [9.17, 15) is 33.6 Å². The Morgan fingerprint density at radius 1 is 1.00 bits per heavy atom. The highest BCUT2D eigenvalue weighted by atomic mass is 32.2. The largest absolute Gasteiger partial charge is 0.393 e. The fraction of sp³-hybridized carbons (Fsp3) is 0.962. The molecule has 9 nitrogen and oxygen atoms in total. The van der Waals surface area contributed by atoms with Gasteiger partial charge in [-0.05, 0) is 91.3 Å². The maximum absolute atomic E-state index is 12.2. The Morgan fingerprint density at radius 2 is 1.69 bits per heavy atom. The molecule has 0 aromatic carbocycles. The first-order valence-electron chi connectivity index (χ1n) is 13.6. The van der Waals surface area contributed by atoms with Crippen LogP contribution in [0.15, 0.2) is 0 Å². The predicted octanol–water partition coefficient (Wildman–Crippen LogP) is 1.34. The van der Waals surface area contributed by atoms with Crippen molar-refractivity contribution in [3.63, 3.8) is 0 Å². The van der Waals surface area contributed by atoms with E-state index < -0.39 is 45.7 Å². The monoisotopic (exact) mass is 531 g/mol. The second kappa shape index (κ2) is 10.1. The summed E-state index contributed by atoms with van der Waals surface area (Å²) in [5.41, 5.74) is -0.658. The van der Waals surface area contributed by atoms with Crippen LogP contribution in [0.5, 0.6) is 0 Å². The van der Waals surface area contributed by atoms with Crippen molar-refractivity contribution in [3.8, 4) is 0 Å². The first-order valence-corrected chi connectivity index (χ1v) is 15.2. The summed E-state index contributed by atoms with van der Waals surface area (Å²) in [6.07, 6.45) is 2.33. The Bertz CT molecular complexity index is 929. The number of carbonyl (C=O) groups excluding carboxylic acids is 1. The zero-order valence-electron chi connectivity index (χ0n) is 21.7. The minimum Gasteiger partial charge on any atom is -0.393 e. The zero-order valence-corrected chi connectivity index (χ0v) is 22.5. The summed E-state index contributed by atoms with van der Waals surface area (Å²) in [4.78, 5) is 12.2. The molecule has 0 spiro atoms. The van der Waals surface area contributed by atoms with Gasteiger partial charge in [-0.2, -0.15) is 8.42 Å². The Kier molecular flexibility index (Phi) is 7.90. The van der Waals surface area contributed by atoms with Gasteiger partial charge in [0.2, 0.25) is 5.91 Å². The first kappa shape index (κ1) is 28.2. The van der Waals surface area contributed by atoms with Crippen LogP contribution in [0.2, 0.25) is 0 Å². The van der Waals surface area contributed by atoms with Crippen molar-refractivity contribution in [1.82, 2.24) is 5.32 Å². The van der Waals surface area contributed by atoms with Crippen molar-refractivity contribution in [2.24, 2.45) is 46.3 Å². The lowest BCUT2D eigenvalue weighted by molar-refractivity contribution is -0.243. The fourth-order valence-corrected chi connectivity index (χ4v) is 9.50. The number of nitrogens with one attached hydrogen (secondary N) is 1. The Balaban J connectivity index is 1.46. The number of fused-ring (bicyclic) bond motifs is 5. The van der Waals surface area contributed by atoms with Crippen molar-refractivity contribution in [2.45, 2.75) is 96.6 Å². The zero-order chi connectivity index (χ0) is 26.6. The molecule has 6 N–H and O–H groups in total. The molecule has 4 aliphatic rings. The van der Waals surface area contributed by atoms with Gasteiger partial charge in [-0.1, -0.05) is 20.8 Å². The van der Waals surface area contributed by atoms with Crippen molar-refractivity contribution in [1.29, 1.82) is 0 Å². The Morgan fingerprint density at radius 3 is 2.36 bits per heavy atom. The number of hydrogen-bond donors (Lipinski definition) is 6. The lowest BCUT2D eigenvalue weighted by Gasteiger charge is -2.64. The van der Waals surface area contributed by atoms with E-state index in [1.807, 2.05) is 0 Å². The van der Waals surface area contributed by atoms with E-state index in [4.69, 9.17) is 4.55 Å². The molecule has 4 saturated carbocycles. The number of amides is 1. The normalized spacial score (nSPS) is 47.4. The van der Waals surface area contributed by atoms with Gasteiger partial charge in [0.25, 0.3) is 10.1 Å². The fourth-order valence-electron chi connectivity index (χ4n) is 9.14. The molecule has 1 amide bonds. The van der Waals surface area contributed by atoms with Crippen molar-refractivity contribution < 1.29 is 38.2 Å². The number of aliphatic hydroxyl groups excluding tert-OH is 4. The Labute approximate surface area is 214 Å². The summed E-state index contributed by atoms with van der Waals surface area (Å²) in [6.45, 7) is 6.26. The van der Waals surface area contributed by atoms with Crippen molar-refractivity contribution >= 4 is 16.0 Å². The van der Waals surface area contributed by atoms with E-state index in [2.05, 4.69) is 26.1 Å². The Hall–Kier alpha value is -0.780. The third kappa shape index (κ3) is 4.86. The van der Waals surface area contributed by atoms with Gasteiger partial charge in [-0.15, -0.1) is 0 Å². The SMILES string of the molecule is C[C@H](CCC(=O)NCCS(=O)(=O)O)[C@H]1CC[C@H]2[C@@H]3[C@H](O)[C@@H](O)[C@@H]4C[C@H](O)CC[C@]4(C)[C@H]3C[C@@H](O)[C@]12C. The third-order valence-corrected chi connectivity index (χ3v) is 11.8. The average Bonchev–Trinajstić information content (AvgIpc) is 3.15. The molecule has 0 aliphatic heterocycles. The van der Waals surface area contributed by atoms with E-state index in [-0.39, 0.29) is 59.8 Å². The maximum Gasteiger partial charge on any atom is 0.266 e. The van der Waals surface area contributed by atoms with Gasteiger partial charge >= 0.3 is 0 Å². The minimum absolute atomic E-state index is 0.0663. The standard InChI is InChI=1S/C26H45NO8S/c1-14(4-7-21(30)27-10-11-36(33,34)35)16-5-6-17-22-18(13-20(29)26(16,17)3)25(2)9-8-15(28)12-19(25)23(31)24(22)32/h14-20,22-24,28-29,31-32H,4-13H2,1-3H3,(H,27,30)(H,33,34,35)/t14-,15-,16-,17+,18+,19+,20-,22+,23+,24+,25-,26-/m1/s1. The van der Waals surface area contributed by atoms with E-state index in [0.29, 0.717) is 25.7 Å². The molecule has 0 radical (unpaired) electrons. The molecular formula is C26H45NO8S. The van der Waals surface area contributed by atoms with Crippen LogP contribution in [-0.4, -0.2) is 76.0 Å². The van der Waals surface area contributed by atoms with Gasteiger partial charge < -0.3 is 25.7 Å². The molecule has 0 unspecified atom stereocenters. The maximum atomic E-state index is 12.2. The number of aliphatic hydroxyl groups is 4. The first-order chi connectivity index (χ1) is 16.7. The predicted molar refractivity (Wildman–Crippen MR) is 133 cm³/mol. The van der Waals surface area contributed by atoms with Crippen molar-refractivity contribution in [3.05, 3.63) is 0 Å². The minimum atomic E-state index is -4.12. The molecule has 0 heterocycles. The van der Waals surface area contributed by atoms with Crippen LogP contribution in [0.1, 0.15) is 72.1 Å².